The van der Waals surface area contributed by atoms with Crippen LogP contribution in [0.2, 0.25) is 0 Å². The Morgan fingerprint density at radius 1 is 1.50 bits per heavy atom. The summed E-state index contributed by atoms with van der Waals surface area (Å²) in [6, 6.07) is 0. The van der Waals surface area contributed by atoms with E-state index in [4.69, 9.17) is 10.5 Å². The predicted molar refractivity (Wildman–Crippen MR) is 76.1 cm³/mol. The monoisotopic (exact) mass is 277 g/mol. The quantitative estimate of drug-likeness (QED) is 0.843. The van der Waals surface area contributed by atoms with Crippen LogP contribution in [0.3, 0.4) is 0 Å². The van der Waals surface area contributed by atoms with Gasteiger partial charge in [-0.15, -0.1) is 0 Å². The highest BCUT2D eigenvalue weighted by atomic mass is 16.5. The Hall–Kier alpha value is -1.52. The van der Waals surface area contributed by atoms with E-state index in [0.717, 1.165) is 12.8 Å². The van der Waals surface area contributed by atoms with Crippen molar-refractivity contribution in [3.63, 3.8) is 0 Å². The number of esters is 1. The molecule has 2 aliphatic carbocycles. The van der Waals surface area contributed by atoms with Crippen LogP contribution in [0.4, 0.5) is 5.69 Å². The van der Waals surface area contributed by atoms with E-state index >= 15 is 0 Å². The molecule has 0 radical (unpaired) electrons. The van der Waals surface area contributed by atoms with Gasteiger partial charge in [-0.05, 0) is 30.6 Å². The zero-order valence-corrected chi connectivity index (χ0v) is 12.6. The van der Waals surface area contributed by atoms with Crippen LogP contribution < -0.4 is 5.73 Å². The van der Waals surface area contributed by atoms with Crippen molar-refractivity contribution >= 4 is 11.7 Å². The van der Waals surface area contributed by atoms with Gasteiger partial charge < -0.3 is 10.5 Å². The second-order valence-electron chi connectivity index (χ2n) is 7.11. The summed E-state index contributed by atoms with van der Waals surface area (Å²) in [5, 5.41) is 4.09. The smallest absolute Gasteiger partial charge is 0.361 e. The largest absolute Gasteiger partial charge is 0.457 e. The third-order valence-corrected chi connectivity index (χ3v) is 6.01. The molecule has 5 heteroatoms. The van der Waals surface area contributed by atoms with Crippen LogP contribution in [0.1, 0.15) is 50.5 Å². The summed E-state index contributed by atoms with van der Waals surface area (Å²) in [7, 11) is 1.75. The van der Waals surface area contributed by atoms with Gasteiger partial charge >= 0.3 is 5.97 Å². The number of nitrogens with zero attached hydrogens (tertiary/aromatic N) is 2. The zero-order chi connectivity index (χ0) is 14.7. The molecular weight excluding hydrogens is 254 g/mol. The zero-order valence-electron chi connectivity index (χ0n) is 12.6. The number of fused-ring (bicyclic) bond motifs is 2. The lowest BCUT2D eigenvalue weighted by Crippen LogP contribution is -2.38. The van der Waals surface area contributed by atoms with Gasteiger partial charge in [0.05, 0.1) is 5.69 Å². The van der Waals surface area contributed by atoms with Gasteiger partial charge in [0.1, 0.15) is 6.10 Å². The highest BCUT2D eigenvalue weighted by Crippen LogP contribution is 2.66. The molecule has 2 saturated carbocycles. The average Bonchev–Trinajstić information content (AvgIpc) is 2.86. The van der Waals surface area contributed by atoms with E-state index in [-0.39, 0.29) is 22.6 Å². The minimum absolute atomic E-state index is 0.0230. The lowest BCUT2D eigenvalue weighted by Gasteiger charge is -2.38. The van der Waals surface area contributed by atoms with Gasteiger partial charge in [-0.2, -0.15) is 5.10 Å². The van der Waals surface area contributed by atoms with E-state index in [1.165, 1.54) is 6.42 Å². The second kappa shape index (κ2) is 3.99. The minimum Gasteiger partial charge on any atom is -0.457 e. The molecule has 0 amide bonds. The third-order valence-electron chi connectivity index (χ3n) is 6.01. The standard InChI is InChI=1S/C15H23N3O2/c1-14(2)9-5-6-15(14,3)11(7-9)20-13(19)12-10(16)8-18(4)17-12/h8-9,11H,5-7,16H2,1-4H3. The van der Waals surface area contributed by atoms with Gasteiger partial charge in [-0.25, -0.2) is 4.79 Å². The van der Waals surface area contributed by atoms with Crippen molar-refractivity contribution in [2.45, 2.75) is 46.1 Å². The Bertz CT molecular complexity index is 563. The molecule has 1 aromatic rings. The molecule has 2 aliphatic rings. The maximum Gasteiger partial charge on any atom is 0.361 e. The molecule has 0 aliphatic heterocycles. The minimum atomic E-state index is -0.391. The van der Waals surface area contributed by atoms with E-state index < -0.39 is 5.97 Å². The first kappa shape index (κ1) is 13.5. The molecule has 1 heterocycles. The summed E-state index contributed by atoms with van der Waals surface area (Å²) in [5.41, 5.74) is 6.70. The van der Waals surface area contributed by atoms with Crippen molar-refractivity contribution in [3.05, 3.63) is 11.9 Å². The Balaban J connectivity index is 1.80. The number of anilines is 1. The number of aryl methyl sites for hydroxylation is 1. The van der Waals surface area contributed by atoms with E-state index in [1.807, 2.05) is 0 Å². The van der Waals surface area contributed by atoms with Crippen molar-refractivity contribution in [1.82, 2.24) is 9.78 Å². The van der Waals surface area contributed by atoms with E-state index in [9.17, 15) is 4.79 Å². The van der Waals surface area contributed by atoms with Gasteiger partial charge in [0.2, 0.25) is 0 Å². The fourth-order valence-corrected chi connectivity index (χ4v) is 4.16. The van der Waals surface area contributed by atoms with E-state index in [2.05, 4.69) is 25.9 Å². The molecule has 2 fully saturated rings. The maximum atomic E-state index is 12.3. The second-order valence-corrected chi connectivity index (χ2v) is 7.11. The summed E-state index contributed by atoms with van der Waals surface area (Å²) >= 11 is 0. The lowest BCUT2D eigenvalue weighted by molar-refractivity contribution is -0.0246. The molecule has 2 bridgehead atoms. The molecule has 5 nitrogen and oxygen atoms in total. The van der Waals surface area contributed by atoms with Crippen molar-refractivity contribution in [1.29, 1.82) is 0 Å². The van der Waals surface area contributed by atoms with Gasteiger partial charge in [0.15, 0.2) is 5.69 Å². The highest BCUT2D eigenvalue weighted by molar-refractivity contribution is 5.92. The van der Waals surface area contributed by atoms with Crippen molar-refractivity contribution in [2.24, 2.45) is 23.8 Å². The van der Waals surface area contributed by atoms with Gasteiger partial charge in [-0.1, -0.05) is 20.8 Å². The number of aromatic nitrogens is 2. The Kier molecular flexibility index (Phi) is 2.69. The van der Waals surface area contributed by atoms with Crippen LogP contribution >= 0.6 is 0 Å². The number of hydrogen-bond donors (Lipinski definition) is 1. The summed E-state index contributed by atoms with van der Waals surface area (Å²) in [6.07, 6.45) is 4.93. The van der Waals surface area contributed by atoms with Gasteiger partial charge in [0.25, 0.3) is 0 Å². The SMILES string of the molecule is Cn1cc(N)c(C(=O)OC2CC3CCC2(C)C3(C)C)n1. The Morgan fingerprint density at radius 2 is 2.20 bits per heavy atom. The molecule has 1 aromatic heterocycles. The Morgan fingerprint density at radius 3 is 2.65 bits per heavy atom. The molecule has 0 aromatic carbocycles. The molecule has 3 atom stereocenters. The van der Waals surface area contributed by atoms with Crippen LogP contribution in [0.25, 0.3) is 0 Å². The molecule has 0 spiro atoms. The number of hydrogen-bond acceptors (Lipinski definition) is 4. The first-order valence-corrected chi connectivity index (χ1v) is 7.26. The molecule has 0 saturated heterocycles. The summed E-state index contributed by atoms with van der Waals surface area (Å²) in [4.78, 5) is 12.3. The highest BCUT2D eigenvalue weighted by Gasteiger charge is 2.62. The third kappa shape index (κ3) is 1.61. The molecule has 2 N–H and O–H groups in total. The fourth-order valence-electron chi connectivity index (χ4n) is 4.16. The molecule has 110 valence electrons. The van der Waals surface area contributed by atoms with Crippen LogP contribution in [0, 0.1) is 16.7 Å². The van der Waals surface area contributed by atoms with E-state index in [1.54, 1.807) is 17.9 Å². The Labute approximate surface area is 119 Å². The van der Waals surface area contributed by atoms with Crippen LogP contribution in [0.15, 0.2) is 6.20 Å². The van der Waals surface area contributed by atoms with Crippen molar-refractivity contribution in [2.75, 3.05) is 5.73 Å². The van der Waals surface area contributed by atoms with Crippen LogP contribution in [-0.2, 0) is 11.8 Å². The number of carbonyl (C=O) groups excluding carboxylic acids is 1. The molecule has 20 heavy (non-hydrogen) atoms. The van der Waals surface area contributed by atoms with Gasteiger partial charge in [-0.3, -0.25) is 4.68 Å². The van der Waals surface area contributed by atoms with Crippen LogP contribution in [-0.4, -0.2) is 21.9 Å². The first-order chi connectivity index (χ1) is 9.25. The number of carbonyl (C=O) groups is 1. The van der Waals surface area contributed by atoms with Gasteiger partial charge in [0, 0.05) is 18.7 Å². The molecular formula is C15H23N3O2. The normalized spacial score (nSPS) is 34.4. The van der Waals surface area contributed by atoms with Crippen molar-refractivity contribution in [3.8, 4) is 0 Å². The first-order valence-electron chi connectivity index (χ1n) is 7.26. The summed E-state index contributed by atoms with van der Waals surface area (Å²) in [6.45, 7) is 6.85. The number of rotatable bonds is 2. The lowest BCUT2D eigenvalue weighted by atomic mass is 9.70. The number of nitrogens with two attached hydrogens (primary N) is 1. The predicted octanol–water partition coefficient (Wildman–Crippen LogP) is 2.37. The van der Waals surface area contributed by atoms with E-state index in [0.29, 0.717) is 11.6 Å². The molecule has 3 rings (SSSR count). The van der Waals surface area contributed by atoms with Crippen LogP contribution in [0.5, 0.6) is 0 Å². The molecule has 3 unspecified atom stereocenters. The topological polar surface area (TPSA) is 70.1 Å². The van der Waals surface area contributed by atoms with Crippen molar-refractivity contribution < 1.29 is 9.53 Å². The maximum absolute atomic E-state index is 12.3. The number of ether oxygens (including phenoxy) is 1. The summed E-state index contributed by atoms with van der Waals surface area (Å²) in [5.74, 6) is 0.254. The summed E-state index contributed by atoms with van der Waals surface area (Å²) < 4.78 is 7.31. The number of nitrogen functional groups attached to an aromatic ring is 1. The average molecular weight is 277 g/mol. The fraction of sp³-hybridized carbons (Fsp3) is 0.733.